The largest absolute Gasteiger partial charge is 0.478 e. The van der Waals surface area contributed by atoms with Crippen LogP contribution in [0.5, 0.6) is 0 Å². The summed E-state index contributed by atoms with van der Waals surface area (Å²) in [6.07, 6.45) is 1.01. The zero-order valence-electron chi connectivity index (χ0n) is 7.88. The van der Waals surface area contributed by atoms with Gasteiger partial charge in [0.25, 0.3) is 0 Å². The summed E-state index contributed by atoms with van der Waals surface area (Å²) in [6.45, 7) is 2.91. The maximum Gasteiger partial charge on any atom is 0.337 e. The minimum absolute atomic E-state index is 0.133. The molecule has 1 rings (SSSR count). The molecule has 76 valence electrons. The van der Waals surface area contributed by atoms with E-state index in [1.807, 2.05) is 0 Å². The number of carbonyl (C=O) groups is 1. The molecule has 2 N–H and O–H groups in total. The summed E-state index contributed by atoms with van der Waals surface area (Å²) < 4.78 is 0. The van der Waals surface area contributed by atoms with Gasteiger partial charge < -0.3 is 10.4 Å². The van der Waals surface area contributed by atoms with Crippen molar-refractivity contribution in [2.75, 3.05) is 11.9 Å². The smallest absolute Gasteiger partial charge is 0.337 e. The van der Waals surface area contributed by atoms with Crippen molar-refractivity contribution in [3.05, 3.63) is 28.8 Å². The first-order chi connectivity index (χ1) is 6.65. The van der Waals surface area contributed by atoms with Gasteiger partial charge in [-0.1, -0.05) is 18.5 Å². The molecule has 14 heavy (non-hydrogen) atoms. The van der Waals surface area contributed by atoms with Crippen LogP contribution in [0.15, 0.2) is 18.2 Å². The molecule has 0 saturated heterocycles. The molecule has 0 aromatic heterocycles. The number of anilines is 1. The van der Waals surface area contributed by atoms with Crippen LogP contribution in [0.3, 0.4) is 0 Å². The van der Waals surface area contributed by atoms with Gasteiger partial charge >= 0.3 is 5.97 Å². The summed E-state index contributed by atoms with van der Waals surface area (Å²) in [5.41, 5.74) is 0.982. The van der Waals surface area contributed by atoms with Gasteiger partial charge in [-0.3, -0.25) is 0 Å². The molecule has 0 fully saturated rings. The lowest BCUT2D eigenvalue weighted by Crippen LogP contribution is -2.02. The lowest BCUT2D eigenvalue weighted by atomic mass is 10.2. The van der Waals surface area contributed by atoms with Crippen LogP contribution >= 0.6 is 11.6 Å². The fraction of sp³-hybridized carbons (Fsp3) is 0.300. The zero-order chi connectivity index (χ0) is 10.6. The first-order valence-corrected chi connectivity index (χ1v) is 4.79. The average Bonchev–Trinajstić information content (AvgIpc) is 2.14. The van der Waals surface area contributed by atoms with Gasteiger partial charge in [-0.05, 0) is 24.6 Å². The highest BCUT2D eigenvalue weighted by atomic mass is 35.5. The fourth-order valence-corrected chi connectivity index (χ4v) is 1.33. The van der Waals surface area contributed by atoms with E-state index in [4.69, 9.17) is 16.7 Å². The lowest BCUT2D eigenvalue weighted by molar-refractivity contribution is 0.0697. The maximum absolute atomic E-state index is 10.6. The number of carboxylic acids is 1. The maximum atomic E-state index is 10.6. The predicted molar refractivity (Wildman–Crippen MR) is 57.2 cm³/mol. The van der Waals surface area contributed by atoms with Gasteiger partial charge in [0.2, 0.25) is 0 Å². The molecule has 0 unspecified atom stereocenters. The van der Waals surface area contributed by atoms with Crippen LogP contribution in [0.4, 0.5) is 5.69 Å². The Morgan fingerprint density at radius 3 is 2.79 bits per heavy atom. The third-order valence-electron chi connectivity index (χ3n) is 1.78. The van der Waals surface area contributed by atoms with E-state index < -0.39 is 5.97 Å². The van der Waals surface area contributed by atoms with Crippen molar-refractivity contribution >= 4 is 23.3 Å². The Balaban J connectivity index is 2.83. The molecule has 3 nitrogen and oxygen atoms in total. The average molecular weight is 214 g/mol. The van der Waals surface area contributed by atoms with Crippen LogP contribution in [-0.2, 0) is 0 Å². The van der Waals surface area contributed by atoms with Gasteiger partial charge in [-0.15, -0.1) is 0 Å². The molecular weight excluding hydrogens is 202 g/mol. The number of nitrogens with one attached hydrogen (secondary N) is 1. The SMILES string of the molecule is CCCNc1ccc(C(=O)O)c(Cl)c1. The zero-order valence-corrected chi connectivity index (χ0v) is 8.64. The minimum Gasteiger partial charge on any atom is -0.478 e. The van der Waals surface area contributed by atoms with E-state index in [0.29, 0.717) is 0 Å². The van der Waals surface area contributed by atoms with Crippen molar-refractivity contribution in [2.45, 2.75) is 13.3 Å². The molecule has 0 aliphatic heterocycles. The van der Waals surface area contributed by atoms with Crippen molar-refractivity contribution < 1.29 is 9.90 Å². The molecule has 0 aliphatic carbocycles. The number of rotatable bonds is 4. The summed E-state index contributed by atoms with van der Waals surface area (Å²) in [4.78, 5) is 10.6. The highest BCUT2D eigenvalue weighted by Crippen LogP contribution is 2.20. The lowest BCUT2D eigenvalue weighted by Gasteiger charge is -2.06. The van der Waals surface area contributed by atoms with E-state index in [2.05, 4.69) is 12.2 Å². The van der Waals surface area contributed by atoms with Crippen LogP contribution < -0.4 is 5.32 Å². The van der Waals surface area contributed by atoms with Crippen LogP contribution in [-0.4, -0.2) is 17.6 Å². The molecule has 0 spiro atoms. The summed E-state index contributed by atoms with van der Waals surface area (Å²) in [6, 6.07) is 4.84. The number of carboxylic acid groups (broad SMARTS) is 1. The normalized spacial score (nSPS) is 9.86. The van der Waals surface area contributed by atoms with Gasteiger partial charge in [0.15, 0.2) is 0 Å². The molecule has 0 bridgehead atoms. The Kier molecular flexibility index (Phi) is 3.77. The third kappa shape index (κ3) is 2.64. The van der Waals surface area contributed by atoms with E-state index >= 15 is 0 Å². The van der Waals surface area contributed by atoms with Crippen LogP contribution in [0.1, 0.15) is 23.7 Å². The Labute approximate surface area is 87.7 Å². The van der Waals surface area contributed by atoms with Gasteiger partial charge in [0, 0.05) is 12.2 Å². The van der Waals surface area contributed by atoms with Crippen LogP contribution in [0.25, 0.3) is 0 Å². The van der Waals surface area contributed by atoms with Gasteiger partial charge in [-0.2, -0.15) is 0 Å². The molecule has 0 heterocycles. The van der Waals surface area contributed by atoms with Gasteiger partial charge in [-0.25, -0.2) is 4.79 Å². The van der Waals surface area contributed by atoms with Crippen molar-refractivity contribution in [3.63, 3.8) is 0 Å². The molecule has 0 aliphatic rings. The van der Waals surface area contributed by atoms with Crippen LogP contribution in [0, 0.1) is 0 Å². The number of benzene rings is 1. The summed E-state index contributed by atoms with van der Waals surface area (Å²) in [5, 5.41) is 12.1. The van der Waals surface area contributed by atoms with E-state index in [1.165, 1.54) is 6.07 Å². The predicted octanol–water partition coefficient (Wildman–Crippen LogP) is 2.86. The first kappa shape index (κ1) is 10.9. The molecule has 1 aromatic rings. The second-order valence-corrected chi connectivity index (χ2v) is 3.33. The Morgan fingerprint density at radius 1 is 1.57 bits per heavy atom. The molecule has 0 amide bonds. The van der Waals surface area contributed by atoms with Crippen molar-refractivity contribution in [1.29, 1.82) is 0 Å². The van der Waals surface area contributed by atoms with Crippen LogP contribution in [0.2, 0.25) is 5.02 Å². The van der Waals surface area contributed by atoms with Crippen molar-refractivity contribution in [3.8, 4) is 0 Å². The second kappa shape index (κ2) is 4.86. The fourth-order valence-electron chi connectivity index (χ4n) is 1.07. The number of halogens is 1. The molecule has 0 atom stereocenters. The summed E-state index contributed by atoms with van der Waals surface area (Å²) >= 11 is 5.78. The number of hydrogen-bond acceptors (Lipinski definition) is 2. The quantitative estimate of drug-likeness (QED) is 0.809. The standard InChI is InChI=1S/C10H12ClNO2/c1-2-5-12-7-3-4-8(10(13)14)9(11)6-7/h3-4,6,12H,2,5H2,1H3,(H,13,14). The number of aromatic carboxylic acids is 1. The highest BCUT2D eigenvalue weighted by molar-refractivity contribution is 6.33. The molecule has 0 saturated carbocycles. The third-order valence-corrected chi connectivity index (χ3v) is 2.09. The number of hydrogen-bond donors (Lipinski definition) is 2. The van der Waals surface area contributed by atoms with Crippen molar-refractivity contribution in [1.82, 2.24) is 0 Å². The van der Waals surface area contributed by atoms with Gasteiger partial charge in [0.05, 0.1) is 10.6 Å². The van der Waals surface area contributed by atoms with E-state index in [-0.39, 0.29) is 10.6 Å². The Bertz CT molecular complexity index is 339. The first-order valence-electron chi connectivity index (χ1n) is 4.42. The molecule has 4 heteroatoms. The molecule has 1 aromatic carbocycles. The van der Waals surface area contributed by atoms with E-state index in [1.54, 1.807) is 12.1 Å². The summed E-state index contributed by atoms with van der Waals surface area (Å²) in [7, 11) is 0. The highest BCUT2D eigenvalue weighted by Gasteiger charge is 2.08. The van der Waals surface area contributed by atoms with Gasteiger partial charge in [0.1, 0.15) is 0 Å². The van der Waals surface area contributed by atoms with Crippen molar-refractivity contribution in [2.24, 2.45) is 0 Å². The molecule has 0 radical (unpaired) electrons. The summed E-state index contributed by atoms with van der Waals surface area (Å²) in [5.74, 6) is -1.00. The topological polar surface area (TPSA) is 49.3 Å². The van der Waals surface area contributed by atoms with E-state index in [9.17, 15) is 4.79 Å². The molecular formula is C10H12ClNO2. The Hall–Kier alpha value is -1.22. The Morgan fingerprint density at radius 2 is 2.29 bits per heavy atom. The monoisotopic (exact) mass is 213 g/mol. The van der Waals surface area contributed by atoms with E-state index in [0.717, 1.165) is 18.7 Å². The second-order valence-electron chi connectivity index (χ2n) is 2.93. The minimum atomic E-state index is -1.00.